The third-order valence-electron chi connectivity index (χ3n) is 1.09. The lowest BCUT2D eigenvalue weighted by atomic mass is 10.2. The van der Waals surface area contributed by atoms with Crippen LogP contribution in [0.2, 0.25) is 0 Å². The van der Waals surface area contributed by atoms with Gasteiger partial charge in [0.25, 0.3) is 0 Å². The fourth-order valence-corrected chi connectivity index (χ4v) is 0.377. The highest BCUT2D eigenvalue weighted by molar-refractivity contribution is 5.87. The lowest BCUT2D eigenvalue weighted by molar-refractivity contribution is -0.138. The van der Waals surface area contributed by atoms with Crippen molar-refractivity contribution in [3.8, 4) is 0 Å². The monoisotopic (exact) mass is 190 g/mol. The van der Waals surface area contributed by atoms with Gasteiger partial charge < -0.3 is 14.9 Å². The van der Waals surface area contributed by atoms with E-state index in [4.69, 9.17) is 10.2 Å². The fourth-order valence-electron chi connectivity index (χ4n) is 0.377. The SMILES string of the molecule is C=C(CC)C(=O)OCC.OCCO. The molecular weight excluding hydrogens is 172 g/mol. The number of hydrogen-bond donors (Lipinski definition) is 2. The molecule has 78 valence electrons. The fraction of sp³-hybridized carbons (Fsp3) is 0.667. The zero-order chi connectivity index (χ0) is 10.7. The van der Waals surface area contributed by atoms with Gasteiger partial charge in [0.1, 0.15) is 0 Å². The van der Waals surface area contributed by atoms with E-state index in [-0.39, 0.29) is 19.2 Å². The molecule has 0 atom stereocenters. The van der Waals surface area contributed by atoms with Crippen LogP contribution >= 0.6 is 0 Å². The summed E-state index contributed by atoms with van der Waals surface area (Å²) in [5, 5.41) is 15.2. The molecule has 0 saturated heterocycles. The largest absolute Gasteiger partial charge is 0.463 e. The van der Waals surface area contributed by atoms with E-state index in [1.807, 2.05) is 6.92 Å². The Balaban J connectivity index is 0. The molecule has 0 radical (unpaired) electrons. The van der Waals surface area contributed by atoms with Crippen molar-refractivity contribution in [2.45, 2.75) is 20.3 Å². The van der Waals surface area contributed by atoms with Gasteiger partial charge >= 0.3 is 5.97 Å². The molecule has 4 heteroatoms. The molecule has 13 heavy (non-hydrogen) atoms. The number of carbonyl (C=O) groups is 1. The van der Waals surface area contributed by atoms with E-state index in [1.54, 1.807) is 6.92 Å². The molecule has 0 fully saturated rings. The lowest BCUT2D eigenvalue weighted by Crippen LogP contribution is -2.05. The highest BCUT2D eigenvalue weighted by Gasteiger charge is 2.02. The predicted molar refractivity (Wildman–Crippen MR) is 50.2 cm³/mol. The molecule has 0 heterocycles. The van der Waals surface area contributed by atoms with Crippen molar-refractivity contribution in [2.24, 2.45) is 0 Å². The molecule has 0 bridgehead atoms. The summed E-state index contributed by atoms with van der Waals surface area (Å²) in [4.78, 5) is 10.7. The molecule has 0 aliphatic carbocycles. The first-order valence-electron chi connectivity index (χ1n) is 4.20. The maximum Gasteiger partial charge on any atom is 0.333 e. The summed E-state index contributed by atoms with van der Waals surface area (Å²) in [5.41, 5.74) is 0.539. The van der Waals surface area contributed by atoms with Crippen LogP contribution < -0.4 is 0 Å². The molecule has 0 rings (SSSR count). The number of aliphatic hydroxyl groups is 2. The van der Waals surface area contributed by atoms with Crippen molar-refractivity contribution in [1.29, 1.82) is 0 Å². The van der Waals surface area contributed by atoms with Crippen molar-refractivity contribution in [3.05, 3.63) is 12.2 Å². The number of carbonyl (C=O) groups excluding carboxylic acids is 1. The van der Waals surface area contributed by atoms with Crippen LogP contribution in [0.5, 0.6) is 0 Å². The summed E-state index contributed by atoms with van der Waals surface area (Å²) in [5.74, 6) is -0.278. The normalized spacial score (nSPS) is 8.31. The lowest BCUT2D eigenvalue weighted by Gasteiger charge is -1.99. The number of esters is 1. The van der Waals surface area contributed by atoms with Crippen LogP contribution in [0.1, 0.15) is 20.3 Å². The van der Waals surface area contributed by atoms with Crippen LogP contribution in [0.25, 0.3) is 0 Å². The van der Waals surface area contributed by atoms with Crippen molar-refractivity contribution in [2.75, 3.05) is 19.8 Å². The van der Waals surface area contributed by atoms with E-state index < -0.39 is 0 Å². The van der Waals surface area contributed by atoms with Crippen LogP contribution in [0.15, 0.2) is 12.2 Å². The summed E-state index contributed by atoms with van der Waals surface area (Å²) in [6, 6.07) is 0. The van der Waals surface area contributed by atoms with E-state index in [9.17, 15) is 4.79 Å². The van der Waals surface area contributed by atoms with Crippen molar-refractivity contribution >= 4 is 5.97 Å². The molecule has 0 saturated carbocycles. The van der Waals surface area contributed by atoms with Gasteiger partial charge in [-0.05, 0) is 13.3 Å². The van der Waals surface area contributed by atoms with E-state index in [0.717, 1.165) is 0 Å². The van der Waals surface area contributed by atoms with E-state index in [2.05, 4.69) is 11.3 Å². The second kappa shape index (κ2) is 11.1. The quantitative estimate of drug-likeness (QED) is 0.500. The zero-order valence-corrected chi connectivity index (χ0v) is 8.25. The first kappa shape index (κ1) is 14.6. The van der Waals surface area contributed by atoms with Gasteiger partial charge in [0.2, 0.25) is 0 Å². The number of ether oxygens (including phenoxy) is 1. The molecule has 2 N–H and O–H groups in total. The Bertz CT molecular complexity index is 141. The topological polar surface area (TPSA) is 66.8 Å². The van der Waals surface area contributed by atoms with Crippen molar-refractivity contribution in [3.63, 3.8) is 0 Å². The first-order valence-corrected chi connectivity index (χ1v) is 4.20. The Labute approximate surface area is 78.8 Å². The Morgan fingerprint density at radius 2 is 1.77 bits per heavy atom. The van der Waals surface area contributed by atoms with Gasteiger partial charge in [-0.25, -0.2) is 4.79 Å². The maximum atomic E-state index is 10.7. The third-order valence-corrected chi connectivity index (χ3v) is 1.09. The molecule has 0 aromatic heterocycles. The summed E-state index contributed by atoms with van der Waals surface area (Å²) in [6.07, 6.45) is 0.666. The van der Waals surface area contributed by atoms with Crippen molar-refractivity contribution < 1.29 is 19.7 Å². The van der Waals surface area contributed by atoms with Gasteiger partial charge in [-0.15, -0.1) is 0 Å². The molecule has 0 amide bonds. The summed E-state index contributed by atoms with van der Waals surface area (Å²) < 4.78 is 4.66. The van der Waals surface area contributed by atoms with E-state index >= 15 is 0 Å². The standard InChI is InChI=1S/C7H12O2.C2H6O2/c1-4-6(3)7(8)9-5-2;3-1-2-4/h3-5H2,1-2H3;3-4H,1-2H2. The van der Waals surface area contributed by atoms with Crippen LogP contribution in [-0.2, 0) is 9.53 Å². The molecule has 0 aromatic rings. The summed E-state index contributed by atoms with van der Waals surface area (Å²) >= 11 is 0. The average molecular weight is 190 g/mol. The minimum absolute atomic E-state index is 0.125. The smallest absolute Gasteiger partial charge is 0.333 e. The minimum Gasteiger partial charge on any atom is -0.463 e. The second-order valence-electron chi connectivity index (χ2n) is 2.12. The van der Waals surface area contributed by atoms with Gasteiger partial charge in [-0.1, -0.05) is 13.5 Å². The summed E-state index contributed by atoms with van der Waals surface area (Å²) in [7, 11) is 0. The second-order valence-corrected chi connectivity index (χ2v) is 2.12. The van der Waals surface area contributed by atoms with Gasteiger partial charge in [-0.2, -0.15) is 0 Å². The highest BCUT2D eigenvalue weighted by Crippen LogP contribution is 1.98. The van der Waals surface area contributed by atoms with Crippen LogP contribution in [-0.4, -0.2) is 36.0 Å². The maximum absolute atomic E-state index is 10.7. The molecule has 4 nitrogen and oxygen atoms in total. The Morgan fingerprint density at radius 1 is 1.31 bits per heavy atom. The van der Waals surface area contributed by atoms with E-state index in [1.165, 1.54) is 0 Å². The van der Waals surface area contributed by atoms with Gasteiger partial charge in [0, 0.05) is 5.57 Å². The summed E-state index contributed by atoms with van der Waals surface area (Å²) in [6.45, 7) is 7.35. The van der Waals surface area contributed by atoms with E-state index in [0.29, 0.717) is 18.6 Å². The molecule has 0 aliphatic rings. The molecule has 0 aliphatic heterocycles. The number of aliphatic hydroxyl groups excluding tert-OH is 2. The average Bonchev–Trinajstić information content (AvgIpc) is 2.17. The first-order chi connectivity index (χ1) is 6.13. The molecular formula is C9H18O4. The molecule has 0 unspecified atom stereocenters. The predicted octanol–water partition coefficient (Wildman–Crippen LogP) is 0.487. The van der Waals surface area contributed by atoms with Gasteiger partial charge in [0.05, 0.1) is 19.8 Å². The highest BCUT2D eigenvalue weighted by atomic mass is 16.5. The number of rotatable bonds is 4. The number of hydrogen-bond acceptors (Lipinski definition) is 4. The molecule has 0 aromatic carbocycles. The third kappa shape index (κ3) is 11.1. The van der Waals surface area contributed by atoms with Crippen LogP contribution in [0.3, 0.4) is 0 Å². The molecule has 0 spiro atoms. The Kier molecular flexibility index (Phi) is 12.5. The van der Waals surface area contributed by atoms with Crippen LogP contribution in [0, 0.1) is 0 Å². The van der Waals surface area contributed by atoms with Crippen molar-refractivity contribution in [1.82, 2.24) is 0 Å². The van der Waals surface area contributed by atoms with Gasteiger partial charge in [-0.3, -0.25) is 0 Å². The van der Waals surface area contributed by atoms with Crippen LogP contribution in [0.4, 0.5) is 0 Å². The van der Waals surface area contributed by atoms with Gasteiger partial charge in [0.15, 0.2) is 0 Å². The Hall–Kier alpha value is -0.870. The minimum atomic E-state index is -0.278. The Morgan fingerprint density at radius 3 is 2.00 bits per heavy atom. The zero-order valence-electron chi connectivity index (χ0n) is 8.25.